The number of carboxylic acids is 1. The van der Waals surface area contributed by atoms with Gasteiger partial charge in [0.05, 0.1) is 6.54 Å². The quantitative estimate of drug-likeness (QED) is 0.711. The molecule has 90 valence electrons. The van der Waals surface area contributed by atoms with Crippen molar-refractivity contribution in [2.24, 2.45) is 5.92 Å². The molecule has 1 heterocycles. The van der Waals surface area contributed by atoms with Crippen LogP contribution in [0.25, 0.3) is 0 Å². The molecule has 5 heteroatoms. The van der Waals surface area contributed by atoms with Crippen molar-refractivity contribution in [1.29, 1.82) is 0 Å². The van der Waals surface area contributed by atoms with Gasteiger partial charge in [-0.2, -0.15) is 0 Å². The second kappa shape index (κ2) is 4.82. The monoisotopic (exact) mass is 226 g/mol. The normalized spacial score (nSPS) is 23.0. The van der Waals surface area contributed by atoms with Crippen LogP contribution < -0.4 is 5.32 Å². The van der Waals surface area contributed by atoms with Crippen LogP contribution in [-0.2, 0) is 9.59 Å². The summed E-state index contributed by atoms with van der Waals surface area (Å²) in [4.78, 5) is 23.9. The number of carboxylic acid groups (broad SMARTS) is 1. The third-order valence-electron chi connectivity index (χ3n) is 3.24. The van der Waals surface area contributed by atoms with Crippen LogP contribution in [0.4, 0.5) is 0 Å². The average molecular weight is 226 g/mol. The van der Waals surface area contributed by atoms with Gasteiger partial charge in [-0.1, -0.05) is 0 Å². The van der Waals surface area contributed by atoms with Gasteiger partial charge in [0.25, 0.3) is 0 Å². The molecule has 0 bridgehead atoms. The van der Waals surface area contributed by atoms with Gasteiger partial charge in [-0.3, -0.25) is 14.5 Å². The topological polar surface area (TPSA) is 69.6 Å². The van der Waals surface area contributed by atoms with E-state index >= 15 is 0 Å². The van der Waals surface area contributed by atoms with Gasteiger partial charge < -0.3 is 10.4 Å². The van der Waals surface area contributed by atoms with Crippen LogP contribution in [0.2, 0.25) is 0 Å². The lowest BCUT2D eigenvalue weighted by molar-refractivity contribution is -0.138. The molecule has 0 atom stereocenters. The zero-order chi connectivity index (χ0) is 11.5. The smallest absolute Gasteiger partial charge is 0.317 e. The van der Waals surface area contributed by atoms with Crippen molar-refractivity contribution >= 4 is 11.9 Å². The van der Waals surface area contributed by atoms with E-state index in [0.29, 0.717) is 0 Å². The Hall–Kier alpha value is -1.10. The number of hydrogen-bond acceptors (Lipinski definition) is 3. The van der Waals surface area contributed by atoms with Gasteiger partial charge in [0.1, 0.15) is 0 Å². The molecule has 0 aromatic rings. The molecule has 0 aromatic carbocycles. The van der Waals surface area contributed by atoms with E-state index in [1.165, 1.54) is 0 Å². The molecule has 2 N–H and O–H groups in total. The van der Waals surface area contributed by atoms with Crippen LogP contribution in [0.5, 0.6) is 0 Å². The van der Waals surface area contributed by atoms with Gasteiger partial charge in [0, 0.05) is 25.0 Å². The highest BCUT2D eigenvalue weighted by molar-refractivity contribution is 5.81. The standard InChI is InChI=1S/C11H18N2O3/c14-10(15)7-13-5-3-9(4-6-13)12-11(16)8-1-2-8/h8-9H,1-7H2,(H,12,16)(H,14,15). The SMILES string of the molecule is O=C(O)CN1CCC(NC(=O)C2CC2)CC1. The molecule has 5 nitrogen and oxygen atoms in total. The molecule has 1 saturated carbocycles. The molecular weight excluding hydrogens is 208 g/mol. The summed E-state index contributed by atoms with van der Waals surface area (Å²) < 4.78 is 0. The van der Waals surface area contributed by atoms with Crippen LogP contribution >= 0.6 is 0 Å². The third kappa shape index (κ3) is 3.20. The molecule has 0 unspecified atom stereocenters. The van der Waals surface area contributed by atoms with Gasteiger partial charge in [-0.15, -0.1) is 0 Å². The number of hydrogen-bond donors (Lipinski definition) is 2. The first kappa shape index (κ1) is 11.4. The van der Waals surface area contributed by atoms with Crippen molar-refractivity contribution in [2.45, 2.75) is 31.7 Å². The van der Waals surface area contributed by atoms with E-state index in [0.717, 1.165) is 38.8 Å². The summed E-state index contributed by atoms with van der Waals surface area (Å²) in [7, 11) is 0. The Morgan fingerprint density at radius 1 is 1.19 bits per heavy atom. The number of piperidine rings is 1. The number of likely N-dealkylation sites (tertiary alicyclic amines) is 1. The molecule has 1 aliphatic carbocycles. The van der Waals surface area contributed by atoms with Gasteiger partial charge in [0.15, 0.2) is 0 Å². The second-order valence-electron chi connectivity index (χ2n) is 4.73. The molecule has 1 amide bonds. The average Bonchev–Trinajstić information content (AvgIpc) is 3.03. The minimum absolute atomic E-state index is 0.114. The Bertz CT molecular complexity index is 281. The van der Waals surface area contributed by atoms with Crippen LogP contribution in [0, 0.1) is 5.92 Å². The molecule has 16 heavy (non-hydrogen) atoms. The van der Waals surface area contributed by atoms with Crippen molar-refractivity contribution in [2.75, 3.05) is 19.6 Å². The fraction of sp³-hybridized carbons (Fsp3) is 0.818. The third-order valence-corrected chi connectivity index (χ3v) is 3.24. The van der Waals surface area contributed by atoms with E-state index in [1.54, 1.807) is 0 Å². The predicted molar refractivity (Wildman–Crippen MR) is 58.0 cm³/mol. The van der Waals surface area contributed by atoms with Crippen molar-refractivity contribution in [3.05, 3.63) is 0 Å². The minimum atomic E-state index is -0.777. The Balaban J connectivity index is 1.68. The van der Waals surface area contributed by atoms with Crippen LogP contribution in [0.1, 0.15) is 25.7 Å². The number of rotatable bonds is 4. The van der Waals surface area contributed by atoms with Gasteiger partial charge in [0.2, 0.25) is 5.91 Å². The maximum absolute atomic E-state index is 11.5. The first-order chi connectivity index (χ1) is 7.65. The highest BCUT2D eigenvalue weighted by Gasteiger charge is 2.31. The molecule has 1 saturated heterocycles. The molecule has 0 aromatic heterocycles. The number of nitrogens with one attached hydrogen (secondary N) is 1. The maximum atomic E-state index is 11.5. The van der Waals surface area contributed by atoms with Crippen molar-refractivity contribution in [1.82, 2.24) is 10.2 Å². The molecule has 2 fully saturated rings. The van der Waals surface area contributed by atoms with Crippen LogP contribution in [-0.4, -0.2) is 47.6 Å². The zero-order valence-electron chi connectivity index (χ0n) is 9.32. The highest BCUT2D eigenvalue weighted by Crippen LogP contribution is 2.29. The first-order valence-corrected chi connectivity index (χ1v) is 5.89. The first-order valence-electron chi connectivity index (χ1n) is 5.89. The lowest BCUT2D eigenvalue weighted by Gasteiger charge is -2.31. The van der Waals surface area contributed by atoms with Gasteiger partial charge in [-0.25, -0.2) is 0 Å². The fourth-order valence-electron chi connectivity index (χ4n) is 2.09. The zero-order valence-corrected chi connectivity index (χ0v) is 9.32. The summed E-state index contributed by atoms with van der Waals surface area (Å²) >= 11 is 0. The van der Waals surface area contributed by atoms with E-state index in [1.807, 2.05) is 4.90 Å². The maximum Gasteiger partial charge on any atom is 0.317 e. The fourth-order valence-corrected chi connectivity index (χ4v) is 2.09. The van der Waals surface area contributed by atoms with Gasteiger partial charge in [-0.05, 0) is 25.7 Å². The summed E-state index contributed by atoms with van der Waals surface area (Å²) in [5.41, 5.74) is 0. The van der Waals surface area contributed by atoms with E-state index in [4.69, 9.17) is 5.11 Å². The lowest BCUT2D eigenvalue weighted by atomic mass is 10.0. The molecular formula is C11H18N2O3. The van der Waals surface area contributed by atoms with E-state index in [-0.39, 0.29) is 24.4 Å². The second-order valence-corrected chi connectivity index (χ2v) is 4.73. The summed E-state index contributed by atoms with van der Waals surface area (Å²) in [5.74, 6) is -0.325. The van der Waals surface area contributed by atoms with Crippen LogP contribution in [0.15, 0.2) is 0 Å². The van der Waals surface area contributed by atoms with E-state index in [2.05, 4.69) is 5.32 Å². The summed E-state index contributed by atoms with van der Waals surface area (Å²) in [6.07, 6.45) is 3.80. The molecule has 0 radical (unpaired) electrons. The number of aliphatic carboxylic acids is 1. The summed E-state index contributed by atoms with van der Waals surface area (Å²) in [6, 6.07) is 0.248. The largest absolute Gasteiger partial charge is 0.480 e. The number of nitrogens with zero attached hydrogens (tertiary/aromatic N) is 1. The Morgan fingerprint density at radius 2 is 1.81 bits per heavy atom. The Labute approximate surface area is 94.8 Å². The predicted octanol–water partition coefficient (Wildman–Crippen LogP) is 0.0616. The number of carbonyl (C=O) groups is 2. The van der Waals surface area contributed by atoms with Crippen molar-refractivity contribution in [3.63, 3.8) is 0 Å². The minimum Gasteiger partial charge on any atom is -0.480 e. The summed E-state index contributed by atoms with van der Waals surface area (Å²) in [5, 5.41) is 11.7. The summed E-state index contributed by atoms with van der Waals surface area (Å²) in [6.45, 7) is 1.65. The van der Waals surface area contributed by atoms with Crippen LogP contribution in [0.3, 0.4) is 0 Å². The molecule has 2 rings (SSSR count). The molecule has 1 aliphatic heterocycles. The lowest BCUT2D eigenvalue weighted by Crippen LogP contribution is -2.46. The van der Waals surface area contributed by atoms with Gasteiger partial charge >= 0.3 is 5.97 Å². The Morgan fingerprint density at radius 3 is 2.31 bits per heavy atom. The molecule has 0 spiro atoms. The Kier molecular flexibility index (Phi) is 3.43. The van der Waals surface area contributed by atoms with E-state index < -0.39 is 5.97 Å². The highest BCUT2D eigenvalue weighted by atomic mass is 16.4. The van der Waals surface area contributed by atoms with Crippen molar-refractivity contribution in [3.8, 4) is 0 Å². The van der Waals surface area contributed by atoms with Crippen molar-refractivity contribution < 1.29 is 14.7 Å². The molecule has 2 aliphatic rings. The number of amides is 1. The van der Waals surface area contributed by atoms with E-state index in [9.17, 15) is 9.59 Å². The number of carbonyl (C=O) groups excluding carboxylic acids is 1.